The fourth-order valence-corrected chi connectivity index (χ4v) is 7.61. The van der Waals surface area contributed by atoms with Crippen molar-refractivity contribution in [3.63, 3.8) is 0 Å². The van der Waals surface area contributed by atoms with Crippen LogP contribution in [0, 0.1) is 0 Å². The van der Waals surface area contributed by atoms with Crippen molar-refractivity contribution in [1.29, 1.82) is 0 Å². The van der Waals surface area contributed by atoms with Gasteiger partial charge in [0.1, 0.15) is 0 Å². The normalized spacial score (nSPS) is 11.6. The van der Waals surface area contributed by atoms with Crippen LogP contribution in [0.2, 0.25) is 0 Å². The molecule has 9 aromatic rings. The maximum atomic E-state index is 5.14. The molecule has 0 radical (unpaired) electrons. The molecule has 2 aromatic heterocycles. The molecular weight excluding hydrogens is 567 g/mol. The Hall–Kier alpha value is -5.71. The van der Waals surface area contributed by atoms with E-state index < -0.39 is 0 Å². The van der Waals surface area contributed by atoms with E-state index in [9.17, 15) is 0 Å². The van der Waals surface area contributed by atoms with Crippen LogP contribution in [-0.2, 0) is 0 Å². The second-order valence-corrected chi connectivity index (χ2v) is 12.3. The van der Waals surface area contributed by atoms with Gasteiger partial charge in [0, 0.05) is 42.2 Å². The highest BCUT2D eigenvalue weighted by atomic mass is 32.1. The highest BCUT2D eigenvalue weighted by molar-refractivity contribution is 7.26. The van der Waals surface area contributed by atoms with Gasteiger partial charge in [0.05, 0.1) is 0 Å². The number of hydrogen-bond donors (Lipinski definition) is 0. The van der Waals surface area contributed by atoms with E-state index in [1.165, 1.54) is 41.9 Å². The van der Waals surface area contributed by atoms with Crippen molar-refractivity contribution in [2.45, 2.75) is 0 Å². The van der Waals surface area contributed by atoms with Crippen LogP contribution in [0.3, 0.4) is 0 Å². The van der Waals surface area contributed by atoms with E-state index in [0.717, 1.165) is 27.6 Å². The predicted molar refractivity (Wildman–Crippen MR) is 189 cm³/mol. The zero-order valence-electron chi connectivity index (χ0n) is 24.2. The second kappa shape index (κ2) is 10.5. The maximum absolute atomic E-state index is 5.14. The fraction of sp³-hybridized carbons (Fsp3) is 0. The molecule has 0 bridgehead atoms. The number of thiophene rings is 1. The molecule has 0 spiro atoms. The van der Waals surface area contributed by atoms with Gasteiger partial charge in [-0.15, -0.1) is 11.3 Å². The first kappa shape index (κ1) is 25.8. The number of fused-ring (bicyclic) bond motifs is 7. The molecule has 0 aliphatic heterocycles. The predicted octanol–water partition coefficient (Wildman–Crippen LogP) is 11.2. The lowest BCUT2D eigenvalue weighted by molar-refractivity contribution is 1.08. The fourth-order valence-electron chi connectivity index (χ4n) is 6.34. The summed E-state index contributed by atoms with van der Waals surface area (Å²) in [4.78, 5) is 15.2. The Morgan fingerprint density at radius 3 is 1.64 bits per heavy atom. The van der Waals surface area contributed by atoms with Gasteiger partial charge in [-0.1, -0.05) is 140 Å². The molecule has 0 amide bonds. The third kappa shape index (κ3) is 4.38. The average Bonchev–Trinajstić information content (AvgIpc) is 3.51. The van der Waals surface area contributed by atoms with E-state index in [1.807, 2.05) is 35.6 Å². The summed E-state index contributed by atoms with van der Waals surface area (Å²) in [5.41, 5.74) is 5.25. The second-order valence-electron chi connectivity index (χ2n) is 11.2. The molecule has 3 nitrogen and oxygen atoms in total. The van der Waals surface area contributed by atoms with Crippen molar-refractivity contribution in [2.75, 3.05) is 0 Å². The van der Waals surface area contributed by atoms with Crippen LogP contribution in [-0.4, -0.2) is 15.0 Å². The Labute approximate surface area is 264 Å². The van der Waals surface area contributed by atoms with E-state index in [1.54, 1.807) is 0 Å². The first-order chi connectivity index (χ1) is 22.3. The summed E-state index contributed by atoms with van der Waals surface area (Å²) < 4.78 is 2.62. The van der Waals surface area contributed by atoms with Gasteiger partial charge in [-0.05, 0) is 39.4 Å². The molecule has 0 saturated carbocycles. The summed E-state index contributed by atoms with van der Waals surface area (Å²) in [7, 11) is 0. The zero-order chi connectivity index (χ0) is 29.7. The van der Waals surface area contributed by atoms with E-state index in [-0.39, 0.29) is 0 Å². The Morgan fingerprint density at radius 2 is 0.911 bits per heavy atom. The van der Waals surface area contributed by atoms with Gasteiger partial charge >= 0.3 is 0 Å². The van der Waals surface area contributed by atoms with Gasteiger partial charge in [0.15, 0.2) is 17.5 Å². The summed E-state index contributed by atoms with van der Waals surface area (Å²) in [6.07, 6.45) is 0. The van der Waals surface area contributed by atoms with Gasteiger partial charge in [-0.3, -0.25) is 0 Å². The van der Waals surface area contributed by atoms with Crippen molar-refractivity contribution in [2.24, 2.45) is 0 Å². The first-order valence-corrected chi connectivity index (χ1v) is 15.9. The number of aromatic nitrogens is 3. The van der Waals surface area contributed by atoms with Crippen LogP contribution < -0.4 is 0 Å². The first-order valence-electron chi connectivity index (χ1n) is 15.0. The molecule has 0 unspecified atom stereocenters. The van der Waals surface area contributed by atoms with Crippen LogP contribution in [0.15, 0.2) is 152 Å². The van der Waals surface area contributed by atoms with E-state index in [2.05, 4.69) is 127 Å². The van der Waals surface area contributed by atoms with Crippen molar-refractivity contribution < 1.29 is 0 Å². The molecule has 0 fully saturated rings. The van der Waals surface area contributed by atoms with Crippen LogP contribution in [0.25, 0.3) is 87.0 Å². The molecule has 0 saturated heterocycles. The van der Waals surface area contributed by atoms with E-state index >= 15 is 0 Å². The third-order valence-electron chi connectivity index (χ3n) is 8.52. The SMILES string of the molecule is c1ccc(-c2ccc(-c3nc(-c4ccccc4)nc(-c4cc5ccc6c7ccccc7sc6c5c5ccccc45)n3)cc2)cc1. The lowest BCUT2D eigenvalue weighted by atomic mass is 9.95. The summed E-state index contributed by atoms with van der Waals surface area (Å²) in [6, 6.07) is 53.2. The minimum absolute atomic E-state index is 0.655. The Kier molecular flexibility index (Phi) is 6.00. The summed E-state index contributed by atoms with van der Waals surface area (Å²) in [6.45, 7) is 0. The molecule has 0 aliphatic rings. The highest BCUT2D eigenvalue weighted by Gasteiger charge is 2.18. The lowest BCUT2D eigenvalue weighted by Gasteiger charge is -2.13. The zero-order valence-corrected chi connectivity index (χ0v) is 25.0. The molecule has 0 aliphatic carbocycles. The largest absolute Gasteiger partial charge is 0.208 e. The van der Waals surface area contributed by atoms with Crippen molar-refractivity contribution in [3.05, 3.63) is 152 Å². The molecular formula is C41H25N3S. The van der Waals surface area contributed by atoms with Crippen LogP contribution in [0.5, 0.6) is 0 Å². The summed E-state index contributed by atoms with van der Waals surface area (Å²) in [5.74, 6) is 1.98. The topological polar surface area (TPSA) is 38.7 Å². The molecule has 9 rings (SSSR count). The van der Waals surface area contributed by atoms with Crippen LogP contribution in [0.4, 0.5) is 0 Å². The number of nitrogens with zero attached hydrogens (tertiary/aromatic N) is 3. The minimum Gasteiger partial charge on any atom is -0.208 e. The smallest absolute Gasteiger partial charge is 0.164 e. The van der Waals surface area contributed by atoms with Crippen molar-refractivity contribution in [3.8, 4) is 45.3 Å². The number of benzene rings is 7. The molecule has 210 valence electrons. The highest BCUT2D eigenvalue weighted by Crippen LogP contribution is 2.43. The van der Waals surface area contributed by atoms with Gasteiger partial charge < -0.3 is 0 Å². The molecule has 0 N–H and O–H groups in total. The average molecular weight is 592 g/mol. The maximum Gasteiger partial charge on any atom is 0.164 e. The van der Waals surface area contributed by atoms with Gasteiger partial charge in [-0.2, -0.15) is 0 Å². The van der Waals surface area contributed by atoms with Gasteiger partial charge in [0.25, 0.3) is 0 Å². The molecule has 0 atom stereocenters. The van der Waals surface area contributed by atoms with E-state index in [4.69, 9.17) is 15.0 Å². The van der Waals surface area contributed by atoms with Crippen LogP contribution >= 0.6 is 11.3 Å². The lowest BCUT2D eigenvalue weighted by Crippen LogP contribution is -2.00. The van der Waals surface area contributed by atoms with Crippen molar-refractivity contribution >= 4 is 53.1 Å². The van der Waals surface area contributed by atoms with Crippen LogP contribution in [0.1, 0.15) is 0 Å². The van der Waals surface area contributed by atoms with Crippen molar-refractivity contribution in [1.82, 2.24) is 15.0 Å². The molecule has 45 heavy (non-hydrogen) atoms. The van der Waals surface area contributed by atoms with Gasteiger partial charge in [0.2, 0.25) is 0 Å². The van der Waals surface area contributed by atoms with E-state index in [0.29, 0.717) is 17.5 Å². The standard InChI is InChI=1S/C41H25N3S/c1-3-11-26(12-4-1)27-19-21-29(22-20-27)40-42-39(28-13-5-2-6-14-28)43-41(44-40)35-25-30-23-24-34-32-16-9-10-18-36(32)45-38(34)37(30)33-17-8-7-15-31(33)35/h1-25H. The molecule has 2 heterocycles. The molecule has 4 heteroatoms. The number of rotatable bonds is 4. The third-order valence-corrected chi connectivity index (χ3v) is 9.73. The minimum atomic E-state index is 0.655. The summed E-state index contributed by atoms with van der Waals surface area (Å²) in [5, 5.41) is 7.40. The number of hydrogen-bond acceptors (Lipinski definition) is 4. The summed E-state index contributed by atoms with van der Waals surface area (Å²) >= 11 is 1.87. The quantitative estimate of drug-likeness (QED) is 0.191. The Bertz CT molecular complexity index is 2520. The Balaban J connectivity index is 1.28. The monoisotopic (exact) mass is 591 g/mol. The van der Waals surface area contributed by atoms with Gasteiger partial charge in [-0.25, -0.2) is 15.0 Å². The molecule has 7 aromatic carbocycles. The Morgan fingerprint density at radius 1 is 0.378 bits per heavy atom.